The molecule has 0 radical (unpaired) electrons. The minimum atomic E-state index is -0.198. The van der Waals surface area contributed by atoms with E-state index in [1.54, 1.807) is 19.2 Å². The number of nitrogens with one attached hydrogen (secondary N) is 2. The van der Waals surface area contributed by atoms with Crippen molar-refractivity contribution in [3.63, 3.8) is 0 Å². The summed E-state index contributed by atoms with van der Waals surface area (Å²) in [6, 6.07) is 11.7. The first-order chi connectivity index (χ1) is 12.5. The van der Waals surface area contributed by atoms with Crippen LogP contribution in [0.15, 0.2) is 41.2 Å². The number of aryl methyl sites for hydroxylation is 1. The Labute approximate surface area is 152 Å². The van der Waals surface area contributed by atoms with Crippen LogP contribution in [0, 0.1) is 6.92 Å². The van der Waals surface area contributed by atoms with E-state index in [1.807, 2.05) is 12.1 Å². The van der Waals surface area contributed by atoms with Gasteiger partial charge in [-0.3, -0.25) is 4.79 Å². The quantitative estimate of drug-likeness (QED) is 0.712. The van der Waals surface area contributed by atoms with Gasteiger partial charge >= 0.3 is 0 Å². The van der Waals surface area contributed by atoms with Crippen LogP contribution in [0.1, 0.15) is 29.9 Å². The lowest BCUT2D eigenvalue weighted by molar-refractivity contribution is 0.355. The smallest absolute Gasteiger partial charge is 0.258 e. The number of H-pyrrole nitrogens is 1. The van der Waals surface area contributed by atoms with Gasteiger partial charge in [0.1, 0.15) is 5.82 Å². The average Bonchev–Trinajstić information content (AvgIpc) is 2.65. The van der Waals surface area contributed by atoms with Crippen LogP contribution in [0.4, 0.5) is 0 Å². The van der Waals surface area contributed by atoms with E-state index in [0.29, 0.717) is 34.8 Å². The summed E-state index contributed by atoms with van der Waals surface area (Å²) < 4.78 is 10.6. The number of fused-ring (bicyclic) bond motifs is 1. The molecular weight excluding hydrogens is 330 g/mol. The van der Waals surface area contributed by atoms with Crippen molar-refractivity contribution in [2.24, 2.45) is 0 Å². The van der Waals surface area contributed by atoms with Gasteiger partial charge in [0.05, 0.1) is 31.7 Å². The van der Waals surface area contributed by atoms with E-state index in [2.05, 4.69) is 41.3 Å². The van der Waals surface area contributed by atoms with Crippen molar-refractivity contribution in [3.8, 4) is 11.5 Å². The summed E-state index contributed by atoms with van der Waals surface area (Å²) in [5.41, 5.74) is 2.83. The van der Waals surface area contributed by atoms with Crippen LogP contribution in [0.25, 0.3) is 10.9 Å². The Kier molecular flexibility index (Phi) is 5.23. The Balaban J connectivity index is 1.87. The summed E-state index contributed by atoms with van der Waals surface area (Å²) >= 11 is 0. The third-order valence-corrected chi connectivity index (χ3v) is 4.49. The molecule has 0 saturated carbocycles. The zero-order valence-corrected chi connectivity index (χ0v) is 15.4. The molecule has 2 aromatic carbocycles. The molecule has 1 heterocycles. The van der Waals surface area contributed by atoms with Crippen LogP contribution >= 0.6 is 0 Å². The zero-order valence-electron chi connectivity index (χ0n) is 15.4. The Morgan fingerprint density at radius 3 is 2.54 bits per heavy atom. The Hall–Kier alpha value is -2.86. The third-order valence-electron chi connectivity index (χ3n) is 4.49. The summed E-state index contributed by atoms with van der Waals surface area (Å²) in [4.78, 5) is 19.8. The highest BCUT2D eigenvalue weighted by atomic mass is 16.5. The molecule has 0 spiro atoms. The number of aromatic amines is 1. The SMILES string of the molecule is COc1cc2nc(CN[C@H](C)c3ccccc3C)[nH]c(=O)c2cc1OC. The Bertz CT molecular complexity index is 982. The van der Waals surface area contributed by atoms with Crippen LogP contribution in [0.3, 0.4) is 0 Å². The average molecular weight is 353 g/mol. The van der Waals surface area contributed by atoms with Gasteiger partial charge in [0.25, 0.3) is 5.56 Å². The first-order valence-electron chi connectivity index (χ1n) is 8.47. The van der Waals surface area contributed by atoms with Gasteiger partial charge in [-0.2, -0.15) is 0 Å². The normalized spacial score (nSPS) is 12.2. The summed E-state index contributed by atoms with van der Waals surface area (Å²) in [7, 11) is 3.10. The second kappa shape index (κ2) is 7.58. The minimum Gasteiger partial charge on any atom is -0.493 e. The molecule has 0 aliphatic carbocycles. The topological polar surface area (TPSA) is 76.2 Å². The lowest BCUT2D eigenvalue weighted by Crippen LogP contribution is -2.22. The van der Waals surface area contributed by atoms with Crippen LogP contribution in [0.2, 0.25) is 0 Å². The van der Waals surface area contributed by atoms with E-state index in [-0.39, 0.29) is 11.6 Å². The van der Waals surface area contributed by atoms with Gasteiger partial charge in [-0.1, -0.05) is 24.3 Å². The first kappa shape index (κ1) is 17.9. The number of rotatable bonds is 6. The van der Waals surface area contributed by atoms with Gasteiger partial charge in [0, 0.05) is 12.1 Å². The van der Waals surface area contributed by atoms with Gasteiger partial charge in [-0.25, -0.2) is 4.98 Å². The Morgan fingerprint density at radius 2 is 1.85 bits per heavy atom. The van der Waals surface area contributed by atoms with Crippen molar-refractivity contribution < 1.29 is 9.47 Å². The van der Waals surface area contributed by atoms with E-state index >= 15 is 0 Å². The molecular formula is C20H23N3O3. The monoisotopic (exact) mass is 353 g/mol. The summed E-state index contributed by atoms with van der Waals surface area (Å²) in [5, 5.41) is 3.88. The van der Waals surface area contributed by atoms with Crippen LogP contribution < -0.4 is 20.3 Å². The van der Waals surface area contributed by atoms with Gasteiger partial charge in [0.2, 0.25) is 0 Å². The molecule has 1 atom stereocenters. The number of hydrogen-bond donors (Lipinski definition) is 2. The summed E-state index contributed by atoms with van der Waals surface area (Å²) in [5.74, 6) is 1.63. The molecule has 2 N–H and O–H groups in total. The number of nitrogens with zero attached hydrogens (tertiary/aromatic N) is 1. The van der Waals surface area contributed by atoms with Gasteiger partial charge in [-0.05, 0) is 31.0 Å². The fraction of sp³-hybridized carbons (Fsp3) is 0.300. The number of hydrogen-bond acceptors (Lipinski definition) is 5. The van der Waals surface area contributed by atoms with E-state index in [9.17, 15) is 4.79 Å². The lowest BCUT2D eigenvalue weighted by Gasteiger charge is -2.16. The number of ether oxygens (including phenoxy) is 2. The molecule has 0 unspecified atom stereocenters. The van der Waals surface area contributed by atoms with Gasteiger partial charge < -0.3 is 19.8 Å². The highest BCUT2D eigenvalue weighted by molar-refractivity contribution is 5.81. The molecule has 3 rings (SSSR count). The lowest BCUT2D eigenvalue weighted by atomic mass is 10.0. The zero-order chi connectivity index (χ0) is 18.7. The number of methoxy groups -OCH3 is 2. The predicted molar refractivity (Wildman–Crippen MR) is 102 cm³/mol. The van der Waals surface area contributed by atoms with Gasteiger partial charge in [-0.15, -0.1) is 0 Å². The maximum atomic E-state index is 12.4. The predicted octanol–water partition coefficient (Wildman–Crippen LogP) is 3.10. The van der Waals surface area contributed by atoms with E-state index in [4.69, 9.17) is 9.47 Å². The molecule has 0 saturated heterocycles. The molecule has 0 aliphatic heterocycles. The second-order valence-electron chi connectivity index (χ2n) is 6.20. The number of aromatic nitrogens is 2. The molecule has 0 fully saturated rings. The van der Waals surface area contributed by atoms with Crippen LogP contribution in [-0.4, -0.2) is 24.2 Å². The van der Waals surface area contributed by atoms with E-state index in [1.165, 1.54) is 18.2 Å². The highest BCUT2D eigenvalue weighted by Crippen LogP contribution is 2.29. The van der Waals surface area contributed by atoms with Gasteiger partial charge in [0.15, 0.2) is 11.5 Å². The molecule has 3 aromatic rings. The fourth-order valence-electron chi connectivity index (χ4n) is 3.03. The van der Waals surface area contributed by atoms with Crippen molar-refractivity contribution >= 4 is 10.9 Å². The van der Waals surface area contributed by atoms with Crippen LogP contribution in [0.5, 0.6) is 11.5 Å². The molecule has 0 amide bonds. The second-order valence-corrected chi connectivity index (χ2v) is 6.20. The van der Waals surface area contributed by atoms with Crippen molar-refractivity contribution in [1.82, 2.24) is 15.3 Å². The Morgan fingerprint density at radius 1 is 1.15 bits per heavy atom. The molecule has 0 bridgehead atoms. The summed E-state index contributed by atoms with van der Waals surface area (Å²) in [6.45, 7) is 4.63. The molecule has 136 valence electrons. The maximum Gasteiger partial charge on any atom is 0.258 e. The molecule has 0 aliphatic rings. The van der Waals surface area contributed by atoms with Crippen molar-refractivity contribution in [2.75, 3.05) is 14.2 Å². The maximum absolute atomic E-state index is 12.4. The molecule has 6 nitrogen and oxygen atoms in total. The van der Waals surface area contributed by atoms with Crippen molar-refractivity contribution in [3.05, 3.63) is 63.7 Å². The largest absolute Gasteiger partial charge is 0.493 e. The molecule has 1 aromatic heterocycles. The number of benzene rings is 2. The van der Waals surface area contributed by atoms with E-state index in [0.717, 1.165) is 0 Å². The minimum absolute atomic E-state index is 0.141. The highest BCUT2D eigenvalue weighted by Gasteiger charge is 2.12. The summed E-state index contributed by atoms with van der Waals surface area (Å²) in [6.07, 6.45) is 0. The first-order valence-corrected chi connectivity index (χ1v) is 8.47. The fourth-order valence-corrected chi connectivity index (χ4v) is 3.03. The third kappa shape index (κ3) is 3.55. The van der Waals surface area contributed by atoms with E-state index < -0.39 is 0 Å². The molecule has 6 heteroatoms. The van der Waals surface area contributed by atoms with Crippen LogP contribution in [-0.2, 0) is 6.54 Å². The van der Waals surface area contributed by atoms with Crippen molar-refractivity contribution in [1.29, 1.82) is 0 Å². The molecule has 26 heavy (non-hydrogen) atoms. The standard InChI is InChI=1S/C20H23N3O3/c1-12-7-5-6-8-14(12)13(2)21-11-19-22-16-10-18(26-4)17(25-3)9-15(16)20(24)23-19/h5-10,13,21H,11H2,1-4H3,(H,22,23,24)/t13-/m1/s1. The van der Waals surface area contributed by atoms with Crippen molar-refractivity contribution in [2.45, 2.75) is 26.4 Å².